The number of carbonyl (C=O) groups is 3. The average Bonchev–Trinajstić information content (AvgIpc) is 3.12. The maximum absolute atomic E-state index is 12.9. The maximum Gasteiger partial charge on any atom is 0.227 e. The van der Waals surface area contributed by atoms with E-state index in [1.54, 1.807) is 23.1 Å². The Kier molecular flexibility index (Phi) is 7.60. The van der Waals surface area contributed by atoms with Gasteiger partial charge in [-0.15, -0.1) is 6.58 Å². The van der Waals surface area contributed by atoms with Crippen molar-refractivity contribution in [2.75, 3.05) is 26.2 Å². The molecule has 2 aliphatic heterocycles. The molecular formula is C23H30FN3O3. The molecule has 0 radical (unpaired) electrons. The molecule has 1 aromatic rings. The van der Waals surface area contributed by atoms with Crippen molar-refractivity contribution < 1.29 is 18.8 Å². The number of hydrogen-bond donors (Lipinski definition) is 1. The van der Waals surface area contributed by atoms with E-state index >= 15 is 0 Å². The van der Waals surface area contributed by atoms with Crippen molar-refractivity contribution in [2.45, 2.75) is 38.6 Å². The van der Waals surface area contributed by atoms with E-state index in [2.05, 4.69) is 11.9 Å². The van der Waals surface area contributed by atoms with Crippen LogP contribution in [0, 0.1) is 17.7 Å². The van der Waals surface area contributed by atoms with E-state index in [0.717, 1.165) is 24.8 Å². The van der Waals surface area contributed by atoms with Gasteiger partial charge in [-0.25, -0.2) is 4.39 Å². The third kappa shape index (κ3) is 5.90. The molecule has 2 aliphatic rings. The topological polar surface area (TPSA) is 69.7 Å². The molecule has 7 heteroatoms. The van der Waals surface area contributed by atoms with Crippen molar-refractivity contribution in [3.63, 3.8) is 0 Å². The van der Waals surface area contributed by atoms with Crippen LogP contribution in [0.15, 0.2) is 36.9 Å². The lowest BCUT2D eigenvalue weighted by molar-refractivity contribution is -0.137. The summed E-state index contributed by atoms with van der Waals surface area (Å²) >= 11 is 0. The van der Waals surface area contributed by atoms with Gasteiger partial charge in [-0.3, -0.25) is 14.4 Å². The third-order valence-corrected chi connectivity index (χ3v) is 6.02. The molecule has 0 bridgehead atoms. The largest absolute Gasteiger partial charge is 0.352 e. The summed E-state index contributed by atoms with van der Waals surface area (Å²) in [5.74, 6) is -0.0207. The third-order valence-electron chi connectivity index (χ3n) is 6.02. The van der Waals surface area contributed by atoms with Crippen molar-refractivity contribution >= 4 is 17.7 Å². The molecule has 1 aromatic carbocycles. The molecule has 30 heavy (non-hydrogen) atoms. The van der Waals surface area contributed by atoms with Crippen LogP contribution in [-0.4, -0.2) is 53.7 Å². The number of nitrogens with zero attached hydrogens (tertiary/aromatic N) is 2. The summed E-state index contributed by atoms with van der Waals surface area (Å²) in [6, 6.07) is 6.10. The van der Waals surface area contributed by atoms with Gasteiger partial charge in [0.05, 0.1) is 5.92 Å². The SMILES string of the molecule is C=CCN1C[C@H](C(=O)N2CCC(CCC(=O)NCc3ccc(F)cc3)CC2)CC1=O. The van der Waals surface area contributed by atoms with Crippen LogP contribution < -0.4 is 5.32 Å². The summed E-state index contributed by atoms with van der Waals surface area (Å²) in [5, 5.41) is 2.87. The summed E-state index contributed by atoms with van der Waals surface area (Å²) in [5.41, 5.74) is 0.869. The van der Waals surface area contributed by atoms with Crippen molar-refractivity contribution in [3.05, 3.63) is 48.3 Å². The molecule has 0 aromatic heterocycles. The summed E-state index contributed by atoms with van der Waals surface area (Å²) in [7, 11) is 0. The highest BCUT2D eigenvalue weighted by Crippen LogP contribution is 2.26. The van der Waals surface area contributed by atoms with Crippen LogP contribution in [-0.2, 0) is 20.9 Å². The van der Waals surface area contributed by atoms with Crippen LogP contribution in [0.1, 0.15) is 37.7 Å². The van der Waals surface area contributed by atoms with Crippen LogP contribution >= 0.6 is 0 Å². The van der Waals surface area contributed by atoms with Crippen LogP contribution in [0.2, 0.25) is 0 Å². The Balaban J connectivity index is 1.34. The minimum atomic E-state index is -0.288. The fourth-order valence-electron chi connectivity index (χ4n) is 4.20. The highest BCUT2D eigenvalue weighted by Gasteiger charge is 2.36. The Morgan fingerprint density at radius 3 is 2.57 bits per heavy atom. The van der Waals surface area contributed by atoms with Crippen molar-refractivity contribution in [1.82, 2.24) is 15.1 Å². The van der Waals surface area contributed by atoms with Gasteiger partial charge in [-0.05, 0) is 42.9 Å². The van der Waals surface area contributed by atoms with Gasteiger partial charge in [0, 0.05) is 45.6 Å². The summed E-state index contributed by atoms with van der Waals surface area (Å²) < 4.78 is 12.9. The van der Waals surface area contributed by atoms with E-state index in [1.165, 1.54) is 12.1 Å². The van der Waals surface area contributed by atoms with Crippen molar-refractivity contribution in [3.8, 4) is 0 Å². The average molecular weight is 416 g/mol. The molecule has 0 aliphatic carbocycles. The number of likely N-dealkylation sites (tertiary alicyclic amines) is 2. The molecule has 0 unspecified atom stereocenters. The highest BCUT2D eigenvalue weighted by atomic mass is 19.1. The molecule has 2 fully saturated rings. The van der Waals surface area contributed by atoms with Crippen LogP contribution in [0.4, 0.5) is 4.39 Å². The van der Waals surface area contributed by atoms with Crippen molar-refractivity contribution in [1.29, 1.82) is 0 Å². The number of halogens is 1. The van der Waals surface area contributed by atoms with Crippen LogP contribution in [0.3, 0.4) is 0 Å². The molecule has 3 amide bonds. The number of piperidine rings is 1. The molecule has 2 heterocycles. The zero-order chi connectivity index (χ0) is 21.5. The first-order valence-electron chi connectivity index (χ1n) is 10.6. The number of carbonyl (C=O) groups excluding carboxylic acids is 3. The maximum atomic E-state index is 12.9. The van der Waals surface area contributed by atoms with Gasteiger partial charge < -0.3 is 15.1 Å². The van der Waals surface area contributed by atoms with Gasteiger partial charge in [-0.2, -0.15) is 0 Å². The van der Waals surface area contributed by atoms with Gasteiger partial charge in [0.2, 0.25) is 17.7 Å². The summed E-state index contributed by atoms with van der Waals surface area (Å²) in [6.07, 6.45) is 4.99. The predicted octanol–water partition coefficient (Wildman–Crippen LogP) is 2.50. The number of hydrogen-bond acceptors (Lipinski definition) is 3. The zero-order valence-corrected chi connectivity index (χ0v) is 17.3. The highest BCUT2D eigenvalue weighted by molar-refractivity contribution is 5.89. The Hall–Kier alpha value is -2.70. The lowest BCUT2D eigenvalue weighted by Gasteiger charge is -2.33. The second kappa shape index (κ2) is 10.4. The molecule has 6 nitrogen and oxygen atoms in total. The van der Waals surface area contributed by atoms with Crippen LogP contribution in [0.25, 0.3) is 0 Å². The first-order chi connectivity index (χ1) is 14.5. The standard InChI is InChI=1S/C23H30FN3O3/c1-2-11-27-16-19(14-22(27)29)23(30)26-12-9-17(10-13-26)5-8-21(28)25-15-18-3-6-20(24)7-4-18/h2-4,6-7,17,19H,1,5,8-16H2,(H,25,28)/t19-/m1/s1. The van der Waals surface area contributed by atoms with Gasteiger partial charge in [-0.1, -0.05) is 18.2 Å². The Morgan fingerprint density at radius 2 is 1.90 bits per heavy atom. The molecule has 0 spiro atoms. The Labute approximate surface area is 177 Å². The zero-order valence-electron chi connectivity index (χ0n) is 17.3. The van der Waals surface area contributed by atoms with E-state index in [4.69, 9.17) is 0 Å². The number of nitrogens with one attached hydrogen (secondary N) is 1. The monoisotopic (exact) mass is 415 g/mol. The van der Waals surface area contributed by atoms with E-state index < -0.39 is 0 Å². The number of rotatable bonds is 8. The summed E-state index contributed by atoms with van der Waals surface area (Å²) in [6.45, 7) is 6.41. The minimum Gasteiger partial charge on any atom is -0.352 e. The second-order valence-electron chi connectivity index (χ2n) is 8.20. The van der Waals surface area contributed by atoms with Gasteiger partial charge in [0.1, 0.15) is 5.82 Å². The minimum absolute atomic E-state index is 0.00962. The first kappa shape index (κ1) is 22.0. The normalized spacial score (nSPS) is 19.8. The fraction of sp³-hybridized carbons (Fsp3) is 0.522. The first-order valence-corrected chi connectivity index (χ1v) is 10.6. The molecule has 1 atom stereocenters. The smallest absolute Gasteiger partial charge is 0.227 e. The Morgan fingerprint density at radius 1 is 1.20 bits per heavy atom. The van der Waals surface area contributed by atoms with Gasteiger partial charge >= 0.3 is 0 Å². The van der Waals surface area contributed by atoms with Crippen LogP contribution in [0.5, 0.6) is 0 Å². The fourth-order valence-corrected chi connectivity index (χ4v) is 4.20. The predicted molar refractivity (Wildman–Crippen MR) is 112 cm³/mol. The molecular weight excluding hydrogens is 385 g/mol. The molecule has 0 saturated carbocycles. The lowest BCUT2D eigenvalue weighted by Crippen LogP contribution is -2.42. The molecule has 162 valence electrons. The van der Waals surface area contributed by atoms with E-state index in [-0.39, 0.29) is 29.5 Å². The van der Waals surface area contributed by atoms with E-state index in [0.29, 0.717) is 51.5 Å². The second-order valence-corrected chi connectivity index (χ2v) is 8.20. The van der Waals surface area contributed by atoms with Crippen molar-refractivity contribution in [2.24, 2.45) is 11.8 Å². The molecule has 2 saturated heterocycles. The lowest BCUT2D eigenvalue weighted by atomic mass is 9.91. The quantitative estimate of drug-likeness (QED) is 0.664. The van der Waals surface area contributed by atoms with E-state index in [9.17, 15) is 18.8 Å². The number of benzene rings is 1. The summed E-state index contributed by atoms with van der Waals surface area (Å²) in [4.78, 5) is 40.4. The van der Waals surface area contributed by atoms with Gasteiger partial charge in [0.25, 0.3) is 0 Å². The Bertz CT molecular complexity index is 772. The number of amides is 3. The molecule has 3 rings (SSSR count). The molecule has 1 N–H and O–H groups in total. The van der Waals surface area contributed by atoms with E-state index in [1.807, 2.05) is 4.90 Å². The van der Waals surface area contributed by atoms with Gasteiger partial charge in [0.15, 0.2) is 0 Å².